The van der Waals surface area contributed by atoms with Crippen LogP contribution in [0.15, 0.2) is 18.3 Å². The summed E-state index contributed by atoms with van der Waals surface area (Å²) in [6, 6.07) is 2.65. The van der Waals surface area contributed by atoms with Crippen LogP contribution in [0.4, 0.5) is 10.1 Å². The van der Waals surface area contributed by atoms with Crippen LogP contribution in [0.25, 0.3) is 11.3 Å². The molecule has 0 bridgehead atoms. The van der Waals surface area contributed by atoms with E-state index in [1.807, 2.05) is 13.8 Å². The molecule has 2 aromatic rings. The van der Waals surface area contributed by atoms with Crippen molar-refractivity contribution in [1.29, 1.82) is 0 Å². The Morgan fingerprint density at radius 3 is 2.54 bits per heavy atom. The van der Waals surface area contributed by atoms with Gasteiger partial charge in [-0.05, 0) is 58.4 Å². The topological polar surface area (TPSA) is 78.4 Å². The molecular formula is C19H21Cl2FN4O2. The summed E-state index contributed by atoms with van der Waals surface area (Å²) in [6.07, 6.45) is 1.33. The second-order valence-electron chi connectivity index (χ2n) is 7.74. The molecule has 1 unspecified atom stereocenters. The zero-order chi connectivity index (χ0) is 21.0. The van der Waals surface area contributed by atoms with Crippen LogP contribution in [-0.4, -0.2) is 38.3 Å². The highest BCUT2D eigenvalue weighted by Crippen LogP contribution is 2.42. The normalized spacial score (nSPS) is 19.6. The van der Waals surface area contributed by atoms with E-state index in [0.29, 0.717) is 11.3 Å². The third kappa shape index (κ3) is 3.21. The molecule has 2 heterocycles. The number of amides is 1. The van der Waals surface area contributed by atoms with E-state index in [-0.39, 0.29) is 27.6 Å². The first-order chi connectivity index (χ1) is 12.9. The van der Waals surface area contributed by atoms with Gasteiger partial charge in [0.2, 0.25) is 5.28 Å². The minimum atomic E-state index is -1.33. The number of carbonyl (C=O) groups is 1. The molecule has 2 N–H and O–H groups in total. The van der Waals surface area contributed by atoms with E-state index in [0.717, 1.165) is 0 Å². The van der Waals surface area contributed by atoms with Crippen molar-refractivity contribution >= 4 is 34.8 Å². The van der Waals surface area contributed by atoms with Crippen molar-refractivity contribution in [3.63, 3.8) is 0 Å². The lowest BCUT2D eigenvalue weighted by Crippen LogP contribution is -2.73. The molecule has 0 saturated heterocycles. The number of rotatable bonds is 3. The van der Waals surface area contributed by atoms with Crippen molar-refractivity contribution in [1.82, 2.24) is 15.3 Å². The predicted octanol–water partition coefficient (Wildman–Crippen LogP) is 4.03. The second-order valence-corrected chi connectivity index (χ2v) is 8.48. The zero-order valence-corrected chi connectivity index (χ0v) is 17.7. The van der Waals surface area contributed by atoms with E-state index < -0.39 is 23.0 Å². The highest BCUT2D eigenvalue weighted by molar-refractivity contribution is 6.33. The number of hydrogen-bond donors (Lipinski definition) is 2. The second kappa shape index (κ2) is 6.83. The lowest BCUT2D eigenvalue weighted by Gasteiger charge is -2.54. The Morgan fingerprint density at radius 1 is 1.32 bits per heavy atom. The van der Waals surface area contributed by atoms with Crippen LogP contribution in [0, 0.1) is 5.82 Å². The number of aliphatic hydroxyl groups is 1. The molecule has 0 saturated carbocycles. The highest BCUT2D eigenvalue weighted by Gasteiger charge is 2.51. The number of carbonyl (C=O) groups excluding carboxylic acids is 1. The smallest absolute Gasteiger partial charge is 0.258 e. The van der Waals surface area contributed by atoms with Gasteiger partial charge >= 0.3 is 0 Å². The molecule has 1 aromatic carbocycles. The Kier molecular flexibility index (Phi) is 5.06. The monoisotopic (exact) mass is 426 g/mol. The fourth-order valence-electron chi connectivity index (χ4n) is 3.52. The molecule has 1 aliphatic rings. The minimum Gasteiger partial charge on any atom is -0.386 e. The number of nitrogens with zero attached hydrogens (tertiary/aromatic N) is 3. The van der Waals surface area contributed by atoms with Gasteiger partial charge in [-0.3, -0.25) is 4.79 Å². The lowest BCUT2D eigenvalue weighted by molar-refractivity contribution is -0.0178. The standard InChI is InChI=1S/C19H21Cl2FN4O2/c1-9(2)26-13-7-10(15-11(20)8-23-17(21)24-15)6-12(22)14(13)16(27)25-19(26,5)18(3,4)28/h6-9,28H,1-5H3,(H,25,27). The number of fused-ring (bicyclic) bond motifs is 1. The molecule has 1 atom stereocenters. The summed E-state index contributed by atoms with van der Waals surface area (Å²) in [5.74, 6) is -1.33. The van der Waals surface area contributed by atoms with E-state index >= 15 is 4.39 Å². The predicted molar refractivity (Wildman–Crippen MR) is 107 cm³/mol. The molecular weight excluding hydrogens is 406 g/mol. The van der Waals surface area contributed by atoms with Gasteiger partial charge in [0.05, 0.1) is 28.2 Å². The maximum absolute atomic E-state index is 15.0. The first kappa shape index (κ1) is 20.8. The maximum Gasteiger partial charge on any atom is 0.258 e. The zero-order valence-electron chi connectivity index (χ0n) is 16.1. The van der Waals surface area contributed by atoms with Gasteiger partial charge in [-0.15, -0.1) is 0 Å². The van der Waals surface area contributed by atoms with Crippen molar-refractivity contribution in [2.24, 2.45) is 0 Å². The van der Waals surface area contributed by atoms with Gasteiger partial charge in [0, 0.05) is 11.6 Å². The fraction of sp³-hybridized carbons (Fsp3) is 0.421. The van der Waals surface area contributed by atoms with Gasteiger partial charge in [-0.2, -0.15) is 0 Å². The van der Waals surface area contributed by atoms with Crippen molar-refractivity contribution in [2.45, 2.75) is 51.9 Å². The van der Waals surface area contributed by atoms with E-state index in [1.54, 1.807) is 31.7 Å². The summed E-state index contributed by atoms with van der Waals surface area (Å²) in [7, 11) is 0. The fourth-order valence-corrected chi connectivity index (χ4v) is 3.85. The van der Waals surface area contributed by atoms with Crippen LogP contribution in [0.3, 0.4) is 0 Å². The summed E-state index contributed by atoms with van der Waals surface area (Å²) in [5, 5.41) is 13.7. The third-order valence-electron chi connectivity index (χ3n) is 5.09. The van der Waals surface area contributed by atoms with Crippen LogP contribution in [-0.2, 0) is 0 Å². The van der Waals surface area contributed by atoms with Crippen LogP contribution in [0.5, 0.6) is 0 Å². The molecule has 6 nitrogen and oxygen atoms in total. The van der Waals surface area contributed by atoms with Gasteiger partial charge in [0.15, 0.2) is 0 Å². The third-order valence-corrected chi connectivity index (χ3v) is 5.55. The maximum atomic E-state index is 15.0. The van der Waals surface area contributed by atoms with Gasteiger partial charge in [0.1, 0.15) is 17.1 Å². The average Bonchev–Trinajstić information content (AvgIpc) is 2.54. The van der Waals surface area contributed by atoms with E-state index in [9.17, 15) is 9.90 Å². The minimum absolute atomic E-state index is 0.0303. The largest absolute Gasteiger partial charge is 0.386 e. The molecule has 0 radical (unpaired) electrons. The van der Waals surface area contributed by atoms with Crippen LogP contribution in [0.1, 0.15) is 45.0 Å². The first-order valence-corrected chi connectivity index (χ1v) is 9.48. The molecule has 28 heavy (non-hydrogen) atoms. The Labute approximate surface area is 172 Å². The SMILES string of the molecule is CC(C)N1c2cc(-c3nc(Cl)ncc3Cl)cc(F)c2C(=O)NC1(C)C(C)(C)O. The summed E-state index contributed by atoms with van der Waals surface area (Å²) < 4.78 is 15.0. The number of benzene rings is 1. The molecule has 9 heteroatoms. The van der Waals surface area contributed by atoms with Gasteiger partial charge in [-0.25, -0.2) is 14.4 Å². The molecule has 1 aromatic heterocycles. The number of halogens is 3. The number of anilines is 1. The Hall–Kier alpha value is -1.96. The molecule has 0 fully saturated rings. The lowest BCUT2D eigenvalue weighted by atomic mass is 9.85. The van der Waals surface area contributed by atoms with Gasteiger partial charge in [0.25, 0.3) is 5.91 Å². The first-order valence-electron chi connectivity index (χ1n) is 8.73. The van der Waals surface area contributed by atoms with Crippen LogP contribution >= 0.6 is 23.2 Å². The Bertz CT molecular complexity index is 962. The van der Waals surface area contributed by atoms with Gasteiger partial charge in [-0.1, -0.05) is 11.6 Å². The molecule has 1 amide bonds. The molecule has 3 rings (SSSR count). The molecule has 0 spiro atoms. The van der Waals surface area contributed by atoms with Gasteiger partial charge < -0.3 is 15.3 Å². The summed E-state index contributed by atoms with van der Waals surface area (Å²) >= 11 is 12.1. The number of aromatic nitrogens is 2. The molecule has 0 aliphatic carbocycles. The molecule has 1 aliphatic heterocycles. The Morgan fingerprint density at radius 2 is 1.96 bits per heavy atom. The van der Waals surface area contributed by atoms with Crippen molar-refractivity contribution < 1.29 is 14.3 Å². The number of hydrogen-bond acceptors (Lipinski definition) is 5. The summed E-state index contributed by atoms with van der Waals surface area (Å²) in [5.41, 5.74) is -1.66. The average molecular weight is 427 g/mol. The highest BCUT2D eigenvalue weighted by atomic mass is 35.5. The van der Waals surface area contributed by atoms with Crippen molar-refractivity contribution in [2.75, 3.05) is 4.90 Å². The van der Waals surface area contributed by atoms with E-state index in [4.69, 9.17) is 23.2 Å². The van der Waals surface area contributed by atoms with Crippen LogP contribution < -0.4 is 10.2 Å². The number of nitrogens with one attached hydrogen (secondary N) is 1. The van der Waals surface area contributed by atoms with E-state index in [2.05, 4.69) is 15.3 Å². The van der Waals surface area contributed by atoms with Crippen molar-refractivity contribution in [3.05, 3.63) is 40.0 Å². The van der Waals surface area contributed by atoms with Crippen molar-refractivity contribution in [3.8, 4) is 11.3 Å². The van der Waals surface area contributed by atoms with E-state index in [1.165, 1.54) is 12.3 Å². The summed E-state index contributed by atoms with van der Waals surface area (Å²) in [6.45, 7) is 8.67. The quantitative estimate of drug-likeness (QED) is 0.724. The summed E-state index contributed by atoms with van der Waals surface area (Å²) in [4.78, 5) is 22.4. The van der Waals surface area contributed by atoms with Crippen LogP contribution in [0.2, 0.25) is 10.3 Å². The Balaban J connectivity index is 2.31. The molecule has 150 valence electrons.